The van der Waals surface area contributed by atoms with Crippen LogP contribution < -0.4 is 10.2 Å². The van der Waals surface area contributed by atoms with Crippen molar-refractivity contribution in [2.45, 2.75) is 0 Å². The Kier molecular flexibility index (Phi) is 4.91. The number of furan rings is 1. The van der Waals surface area contributed by atoms with Gasteiger partial charge in [-0.3, -0.25) is 4.79 Å². The molecule has 0 fully saturated rings. The number of carbonyl (C=O) groups excluding carboxylic acids is 1. The predicted octanol–water partition coefficient (Wildman–Crippen LogP) is 4.67. The van der Waals surface area contributed by atoms with Crippen LogP contribution in [0.1, 0.15) is 16.1 Å². The number of phenols is 1. The first-order valence-electron chi connectivity index (χ1n) is 8.38. The molecule has 6 nitrogen and oxygen atoms in total. The summed E-state index contributed by atoms with van der Waals surface area (Å²) in [5, 5.41) is 16.8. The maximum Gasteiger partial charge on any atom is 0.307 e. The van der Waals surface area contributed by atoms with Crippen molar-refractivity contribution in [3.63, 3.8) is 0 Å². The number of aromatic hydroxyl groups is 1. The highest BCUT2D eigenvalue weighted by Gasteiger charge is 2.13. The number of phenolic OH excluding ortho intramolecular Hbond substituents is 1. The van der Waals surface area contributed by atoms with Gasteiger partial charge in [0, 0.05) is 5.39 Å². The Morgan fingerprint density at radius 1 is 1.18 bits per heavy atom. The van der Waals surface area contributed by atoms with Crippen molar-refractivity contribution in [2.75, 3.05) is 7.11 Å². The molecule has 2 N–H and O–H groups in total. The third-order valence-corrected chi connectivity index (χ3v) is 5.12. The summed E-state index contributed by atoms with van der Waals surface area (Å²) in [4.78, 5) is 12.4. The van der Waals surface area contributed by atoms with Crippen LogP contribution in [0.4, 0.5) is 0 Å². The molecular weight excluding hydrogens is 471 g/mol. The molecule has 1 aromatic heterocycles. The Morgan fingerprint density at radius 3 is 2.82 bits per heavy atom. The van der Waals surface area contributed by atoms with Gasteiger partial charge in [-0.15, -0.1) is 0 Å². The molecule has 0 aliphatic carbocycles. The maximum absolute atomic E-state index is 12.4. The van der Waals surface area contributed by atoms with E-state index >= 15 is 0 Å². The molecule has 0 bridgehead atoms. The summed E-state index contributed by atoms with van der Waals surface area (Å²) in [6, 6.07) is 16.8. The maximum atomic E-state index is 12.4. The minimum absolute atomic E-state index is 0.0683. The number of methoxy groups -OCH3 is 1. The van der Waals surface area contributed by atoms with Crippen LogP contribution in [0.5, 0.6) is 11.5 Å². The fraction of sp³-hybridized carbons (Fsp3) is 0.0476. The van der Waals surface area contributed by atoms with Crippen molar-refractivity contribution < 1.29 is 19.1 Å². The largest absolute Gasteiger partial charge is 0.504 e. The van der Waals surface area contributed by atoms with Crippen molar-refractivity contribution in [2.24, 2.45) is 5.10 Å². The lowest BCUT2D eigenvalue weighted by Gasteiger charge is -2.06. The highest BCUT2D eigenvalue weighted by Crippen LogP contribution is 2.32. The molecule has 1 amide bonds. The van der Waals surface area contributed by atoms with Crippen molar-refractivity contribution in [3.8, 4) is 11.5 Å². The van der Waals surface area contributed by atoms with Crippen LogP contribution in [-0.2, 0) is 0 Å². The number of hydrazone groups is 1. The van der Waals surface area contributed by atoms with E-state index in [0.29, 0.717) is 20.5 Å². The number of rotatable bonds is 4. The minimum Gasteiger partial charge on any atom is -0.504 e. The van der Waals surface area contributed by atoms with Crippen LogP contribution in [0.3, 0.4) is 0 Å². The molecule has 0 saturated heterocycles. The highest BCUT2D eigenvalue weighted by atomic mass is 127. The molecule has 7 heteroatoms. The lowest BCUT2D eigenvalue weighted by molar-refractivity contribution is 0.0929. The van der Waals surface area contributed by atoms with Crippen molar-refractivity contribution in [1.29, 1.82) is 0 Å². The molecule has 0 atom stereocenters. The number of ether oxygens (including phenoxy) is 1. The predicted molar refractivity (Wildman–Crippen MR) is 116 cm³/mol. The second-order valence-corrected chi connectivity index (χ2v) is 7.22. The zero-order valence-electron chi connectivity index (χ0n) is 14.8. The molecule has 4 rings (SSSR count). The van der Waals surface area contributed by atoms with Crippen molar-refractivity contribution >= 4 is 56.5 Å². The van der Waals surface area contributed by atoms with Gasteiger partial charge in [-0.1, -0.05) is 30.3 Å². The minimum atomic E-state index is -0.447. The second-order valence-electron chi connectivity index (χ2n) is 6.06. The average molecular weight is 486 g/mol. The van der Waals surface area contributed by atoms with Gasteiger partial charge in [-0.05, 0) is 63.2 Å². The van der Waals surface area contributed by atoms with E-state index in [1.807, 2.05) is 59.0 Å². The van der Waals surface area contributed by atoms with E-state index in [-0.39, 0.29) is 11.5 Å². The van der Waals surface area contributed by atoms with E-state index in [1.165, 1.54) is 13.3 Å². The van der Waals surface area contributed by atoms with Gasteiger partial charge in [0.15, 0.2) is 17.3 Å². The molecule has 0 unspecified atom stereocenters. The monoisotopic (exact) mass is 486 g/mol. The molecule has 28 heavy (non-hydrogen) atoms. The summed E-state index contributed by atoms with van der Waals surface area (Å²) < 4.78 is 11.4. The van der Waals surface area contributed by atoms with Gasteiger partial charge in [-0.25, -0.2) is 5.43 Å². The number of nitrogens with one attached hydrogen (secondary N) is 1. The van der Waals surface area contributed by atoms with Gasteiger partial charge < -0.3 is 14.3 Å². The number of fused-ring (bicyclic) bond motifs is 3. The highest BCUT2D eigenvalue weighted by molar-refractivity contribution is 14.1. The number of nitrogens with zero attached hydrogens (tertiary/aromatic N) is 1. The van der Waals surface area contributed by atoms with Gasteiger partial charge in [-0.2, -0.15) is 5.10 Å². The fourth-order valence-electron chi connectivity index (χ4n) is 2.95. The van der Waals surface area contributed by atoms with Gasteiger partial charge in [0.1, 0.15) is 5.58 Å². The molecule has 4 aromatic rings. The van der Waals surface area contributed by atoms with Crippen LogP contribution in [0.25, 0.3) is 21.7 Å². The fourth-order valence-corrected chi connectivity index (χ4v) is 3.57. The zero-order chi connectivity index (χ0) is 19.7. The van der Waals surface area contributed by atoms with Crippen LogP contribution in [0.15, 0.2) is 64.1 Å². The summed E-state index contributed by atoms with van der Waals surface area (Å²) in [7, 11) is 1.47. The second kappa shape index (κ2) is 7.51. The number of hydrogen-bond donors (Lipinski definition) is 2. The van der Waals surface area contributed by atoms with Crippen LogP contribution in [-0.4, -0.2) is 24.3 Å². The van der Waals surface area contributed by atoms with E-state index in [1.54, 1.807) is 18.2 Å². The molecule has 0 aliphatic rings. The van der Waals surface area contributed by atoms with E-state index in [2.05, 4.69) is 10.5 Å². The zero-order valence-corrected chi connectivity index (χ0v) is 16.9. The molecule has 3 aromatic carbocycles. The van der Waals surface area contributed by atoms with E-state index in [9.17, 15) is 9.90 Å². The number of amides is 1. The van der Waals surface area contributed by atoms with Gasteiger partial charge in [0.25, 0.3) is 0 Å². The normalized spacial score (nSPS) is 11.4. The Bertz CT molecular complexity index is 1230. The molecule has 140 valence electrons. The smallest absolute Gasteiger partial charge is 0.307 e. The summed E-state index contributed by atoms with van der Waals surface area (Å²) in [6.07, 6.45) is 1.47. The Balaban J connectivity index is 1.56. The molecule has 1 heterocycles. The average Bonchev–Trinajstić information content (AvgIpc) is 3.15. The standard InChI is InChI=1S/C21H15IN2O4/c1-27-18-9-12(8-16(22)20(18)25)11-23-24-21(26)19-10-15-14-5-3-2-4-13(14)6-7-17(15)28-19/h2-11,25H,1H3,(H,24,26)/b23-11+. The van der Waals surface area contributed by atoms with Crippen molar-refractivity contribution in [3.05, 3.63) is 69.5 Å². The summed E-state index contributed by atoms with van der Waals surface area (Å²) >= 11 is 1.99. The van der Waals surface area contributed by atoms with Crippen molar-refractivity contribution in [1.82, 2.24) is 5.43 Å². The first-order valence-corrected chi connectivity index (χ1v) is 9.46. The van der Waals surface area contributed by atoms with Crippen LogP contribution in [0, 0.1) is 3.57 Å². The number of benzene rings is 3. The first-order chi connectivity index (χ1) is 13.6. The third-order valence-electron chi connectivity index (χ3n) is 4.30. The molecular formula is C21H15IN2O4. The molecule has 0 spiro atoms. The summed E-state index contributed by atoms with van der Waals surface area (Å²) in [5.74, 6) is 0.140. The van der Waals surface area contributed by atoms with E-state index in [4.69, 9.17) is 9.15 Å². The van der Waals surface area contributed by atoms with Gasteiger partial charge in [0.2, 0.25) is 0 Å². The SMILES string of the molecule is COc1cc(/C=N/NC(=O)c2cc3c(ccc4ccccc43)o2)cc(I)c1O. The lowest BCUT2D eigenvalue weighted by atomic mass is 10.1. The summed E-state index contributed by atoms with van der Waals surface area (Å²) in [5.41, 5.74) is 3.78. The van der Waals surface area contributed by atoms with Gasteiger partial charge in [0.05, 0.1) is 16.9 Å². The van der Waals surface area contributed by atoms with Crippen LogP contribution in [0.2, 0.25) is 0 Å². The summed E-state index contributed by atoms with van der Waals surface area (Å²) in [6.45, 7) is 0. The number of halogens is 1. The Hall–Kier alpha value is -3.07. The molecule has 0 aliphatic heterocycles. The Morgan fingerprint density at radius 2 is 2.00 bits per heavy atom. The van der Waals surface area contributed by atoms with Gasteiger partial charge >= 0.3 is 5.91 Å². The van der Waals surface area contributed by atoms with E-state index in [0.717, 1.165) is 16.2 Å². The van der Waals surface area contributed by atoms with E-state index < -0.39 is 5.91 Å². The molecule has 0 saturated carbocycles. The Labute approximate surface area is 173 Å². The lowest BCUT2D eigenvalue weighted by Crippen LogP contribution is -2.16. The molecule has 0 radical (unpaired) electrons. The van der Waals surface area contributed by atoms with Crippen LogP contribution >= 0.6 is 22.6 Å². The quantitative estimate of drug-likeness (QED) is 0.250. The topological polar surface area (TPSA) is 84.1 Å². The number of carbonyl (C=O) groups is 1. The first kappa shape index (κ1) is 18.3. The number of hydrogen-bond acceptors (Lipinski definition) is 5. The third kappa shape index (κ3) is 3.40.